The summed E-state index contributed by atoms with van der Waals surface area (Å²) in [6, 6.07) is 27.8. The second-order valence-electron chi connectivity index (χ2n) is 6.74. The minimum absolute atomic E-state index is 0.0951. The van der Waals surface area contributed by atoms with E-state index in [4.69, 9.17) is 4.98 Å². The fraction of sp³-hybridized carbons (Fsp3) is 0.0800. The van der Waals surface area contributed by atoms with E-state index in [1.54, 1.807) is 11.3 Å². The fourth-order valence-corrected chi connectivity index (χ4v) is 4.63. The average Bonchev–Trinajstić information content (AvgIpc) is 3.37. The molecule has 6 heteroatoms. The normalized spacial score (nSPS) is 10.4. The zero-order valence-electron chi connectivity index (χ0n) is 16.6. The third-order valence-electron chi connectivity index (χ3n) is 4.63. The largest absolute Gasteiger partial charge is 0.351 e. The molecule has 4 aromatic rings. The number of nitrogens with one attached hydrogen (secondary N) is 1. The first kappa shape index (κ1) is 20.9. The smallest absolute Gasteiger partial charge is 0.230 e. The van der Waals surface area contributed by atoms with E-state index >= 15 is 0 Å². The molecule has 4 nitrogen and oxygen atoms in total. The third-order valence-corrected chi connectivity index (χ3v) is 6.50. The summed E-state index contributed by atoms with van der Waals surface area (Å²) >= 11 is 2.89. The lowest BCUT2D eigenvalue weighted by molar-refractivity contribution is -0.118. The number of hydrogen-bond donors (Lipinski definition) is 1. The monoisotopic (exact) mass is 441 g/mol. The molecular weight excluding hydrogens is 422 g/mol. The highest BCUT2D eigenvalue weighted by Gasteiger charge is 2.17. The van der Waals surface area contributed by atoms with Crippen LogP contribution in [0.5, 0.6) is 0 Å². The first-order chi connectivity index (χ1) is 15.2. The summed E-state index contributed by atoms with van der Waals surface area (Å²) in [7, 11) is 0. The zero-order chi connectivity index (χ0) is 21.5. The first-order valence-electron chi connectivity index (χ1n) is 9.72. The van der Waals surface area contributed by atoms with Crippen LogP contribution in [0.2, 0.25) is 0 Å². The third kappa shape index (κ3) is 5.21. The summed E-state index contributed by atoms with van der Waals surface area (Å²) in [5.74, 6) is 0.0960. The van der Waals surface area contributed by atoms with Crippen LogP contribution in [-0.4, -0.2) is 16.6 Å². The van der Waals surface area contributed by atoms with E-state index in [2.05, 4.69) is 11.4 Å². The van der Waals surface area contributed by atoms with E-state index in [9.17, 15) is 10.1 Å². The van der Waals surface area contributed by atoms with E-state index in [0.29, 0.717) is 17.1 Å². The molecule has 31 heavy (non-hydrogen) atoms. The number of thioether (sulfide) groups is 1. The van der Waals surface area contributed by atoms with E-state index < -0.39 is 0 Å². The van der Waals surface area contributed by atoms with Crippen LogP contribution in [-0.2, 0) is 11.3 Å². The van der Waals surface area contributed by atoms with Crippen LogP contribution in [0.25, 0.3) is 21.7 Å². The Hall–Kier alpha value is -3.40. The molecule has 0 bridgehead atoms. The topological polar surface area (TPSA) is 65.8 Å². The molecule has 152 valence electrons. The summed E-state index contributed by atoms with van der Waals surface area (Å²) in [4.78, 5) is 18.2. The number of aromatic nitrogens is 1. The molecule has 0 spiro atoms. The number of benzene rings is 2. The highest BCUT2D eigenvalue weighted by Crippen LogP contribution is 2.35. The van der Waals surface area contributed by atoms with Gasteiger partial charge in [0.2, 0.25) is 5.91 Å². The molecule has 1 amide bonds. The van der Waals surface area contributed by atoms with Crippen molar-refractivity contribution < 1.29 is 4.79 Å². The Bertz CT molecular complexity index is 1200. The van der Waals surface area contributed by atoms with Crippen molar-refractivity contribution in [2.45, 2.75) is 11.6 Å². The molecule has 0 saturated heterocycles. The molecule has 0 aliphatic carbocycles. The zero-order valence-corrected chi connectivity index (χ0v) is 18.2. The highest BCUT2D eigenvalue weighted by molar-refractivity contribution is 8.00. The van der Waals surface area contributed by atoms with Crippen LogP contribution in [0.15, 0.2) is 89.3 Å². The van der Waals surface area contributed by atoms with Gasteiger partial charge in [0.15, 0.2) is 0 Å². The summed E-state index contributed by atoms with van der Waals surface area (Å²) in [6.45, 7) is 0.475. The number of carbonyl (C=O) groups is 1. The highest BCUT2D eigenvalue weighted by atomic mass is 32.2. The maximum Gasteiger partial charge on any atom is 0.230 e. The maximum absolute atomic E-state index is 12.4. The van der Waals surface area contributed by atoms with Crippen molar-refractivity contribution in [3.63, 3.8) is 0 Å². The van der Waals surface area contributed by atoms with Crippen LogP contribution in [0.1, 0.15) is 11.1 Å². The van der Waals surface area contributed by atoms with Gasteiger partial charge < -0.3 is 5.32 Å². The van der Waals surface area contributed by atoms with Crippen molar-refractivity contribution in [2.24, 2.45) is 0 Å². The minimum Gasteiger partial charge on any atom is -0.351 e. The molecular formula is C25H19N3OS2. The Labute approximate surface area is 189 Å². The van der Waals surface area contributed by atoms with E-state index in [1.165, 1.54) is 11.8 Å². The van der Waals surface area contributed by atoms with Crippen LogP contribution in [0.3, 0.4) is 0 Å². The van der Waals surface area contributed by atoms with Crippen LogP contribution >= 0.6 is 23.1 Å². The van der Waals surface area contributed by atoms with Crippen molar-refractivity contribution in [1.82, 2.24) is 10.3 Å². The van der Waals surface area contributed by atoms with Gasteiger partial charge in [0, 0.05) is 12.1 Å². The van der Waals surface area contributed by atoms with Crippen molar-refractivity contribution in [3.05, 3.63) is 95.4 Å². The molecule has 1 N–H and O–H groups in total. The van der Waals surface area contributed by atoms with Crippen LogP contribution < -0.4 is 5.32 Å². The Kier molecular flexibility index (Phi) is 6.78. The molecule has 2 aromatic heterocycles. The van der Waals surface area contributed by atoms with Crippen molar-refractivity contribution in [3.8, 4) is 27.8 Å². The Morgan fingerprint density at radius 3 is 2.45 bits per heavy atom. The Morgan fingerprint density at radius 2 is 1.77 bits per heavy atom. The molecule has 2 aromatic carbocycles. The summed E-state index contributed by atoms with van der Waals surface area (Å²) < 4.78 is 0. The lowest BCUT2D eigenvalue weighted by Gasteiger charge is -2.12. The van der Waals surface area contributed by atoms with Gasteiger partial charge in [-0.05, 0) is 28.6 Å². The van der Waals surface area contributed by atoms with Crippen molar-refractivity contribution in [2.75, 3.05) is 5.75 Å². The van der Waals surface area contributed by atoms with Gasteiger partial charge in [0.1, 0.15) is 11.1 Å². The number of rotatable bonds is 7. The lowest BCUT2D eigenvalue weighted by Crippen LogP contribution is -2.24. The van der Waals surface area contributed by atoms with Gasteiger partial charge >= 0.3 is 0 Å². The van der Waals surface area contributed by atoms with Gasteiger partial charge in [-0.3, -0.25) is 4.79 Å². The quantitative estimate of drug-likeness (QED) is 0.371. The van der Waals surface area contributed by atoms with Crippen LogP contribution in [0.4, 0.5) is 0 Å². The maximum atomic E-state index is 12.4. The molecule has 0 fully saturated rings. The number of amides is 1. The Morgan fingerprint density at radius 1 is 1.03 bits per heavy atom. The van der Waals surface area contributed by atoms with E-state index in [0.717, 1.165) is 27.3 Å². The number of nitrogens with zero attached hydrogens (tertiary/aromatic N) is 2. The number of hydrogen-bond acceptors (Lipinski definition) is 5. The molecule has 0 aliphatic heterocycles. The standard InChI is InChI=1S/C25H19N3OS2/c26-15-21-20(19-10-5-2-6-11-19)14-22(23-12-7-13-30-23)28-25(21)31-17-24(29)27-16-18-8-3-1-4-9-18/h1-14H,16-17H2,(H,27,29). The summed E-state index contributed by atoms with van der Waals surface area (Å²) in [5.41, 5.74) is 4.12. The first-order valence-corrected chi connectivity index (χ1v) is 11.6. The van der Waals surface area contributed by atoms with E-state index in [-0.39, 0.29) is 11.7 Å². The SMILES string of the molecule is N#Cc1c(-c2ccccc2)cc(-c2cccs2)nc1SCC(=O)NCc1ccccc1. The predicted molar refractivity (Wildman–Crippen MR) is 127 cm³/mol. The minimum atomic E-state index is -0.0951. The second kappa shape index (κ2) is 10.1. The van der Waals surface area contributed by atoms with Gasteiger partial charge in [0.25, 0.3) is 0 Å². The average molecular weight is 442 g/mol. The molecule has 0 aliphatic rings. The number of pyridine rings is 1. The fourth-order valence-electron chi connectivity index (χ4n) is 3.11. The molecule has 0 unspecified atom stereocenters. The predicted octanol–water partition coefficient (Wildman–Crippen LogP) is 5.76. The lowest BCUT2D eigenvalue weighted by atomic mass is 10.0. The van der Waals surface area contributed by atoms with Gasteiger partial charge in [-0.1, -0.05) is 78.5 Å². The molecule has 4 rings (SSSR count). The number of nitriles is 1. The van der Waals surface area contributed by atoms with Crippen molar-refractivity contribution in [1.29, 1.82) is 5.26 Å². The Balaban J connectivity index is 1.59. The number of thiophene rings is 1. The van der Waals surface area contributed by atoms with Crippen LogP contribution in [0, 0.1) is 11.3 Å². The van der Waals surface area contributed by atoms with Crippen molar-refractivity contribution >= 4 is 29.0 Å². The van der Waals surface area contributed by atoms with E-state index in [1.807, 2.05) is 84.2 Å². The molecule has 0 radical (unpaired) electrons. The molecule has 2 heterocycles. The molecule has 0 saturated carbocycles. The molecule has 0 atom stereocenters. The second-order valence-corrected chi connectivity index (χ2v) is 8.65. The summed E-state index contributed by atoms with van der Waals surface area (Å²) in [5, 5.41) is 15.4. The summed E-state index contributed by atoms with van der Waals surface area (Å²) in [6.07, 6.45) is 0. The number of carbonyl (C=O) groups excluding carboxylic acids is 1. The van der Waals surface area contributed by atoms with Gasteiger partial charge in [-0.15, -0.1) is 11.3 Å². The van der Waals surface area contributed by atoms with Gasteiger partial charge in [-0.25, -0.2) is 4.98 Å². The van der Waals surface area contributed by atoms with Gasteiger partial charge in [-0.2, -0.15) is 5.26 Å². The van der Waals surface area contributed by atoms with Gasteiger partial charge in [0.05, 0.1) is 21.9 Å².